The zero-order chi connectivity index (χ0) is 21.6. The molecule has 2 amide bonds. The molecule has 7 heteroatoms. The van der Waals surface area contributed by atoms with Crippen molar-refractivity contribution in [1.29, 1.82) is 0 Å². The van der Waals surface area contributed by atoms with Gasteiger partial charge in [-0.2, -0.15) is 0 Å². The van der Waals surface area contributed by atoms with E-state index in [1.165, 1.54) is 5.56 Å². The molecule has 0 radical (unpaired) electrons. The number of rotatable bonds is 7. The van der Waals surface area contributed by atoms with Crippen molar-refractivity contribution < 1.29 is 9.59 Å². The lowest BCUT2D eigenvalue weighted by molar-refractivity contribution is -0.123. The molecule has 1 saturated carbocycles. The van der Waals surface area contributed by atoms with Crippen LogP contribution in [0.4, 0.5) is 5.69 Å². The highest BCUT2D eigenvalue weighted by Crippen LogP contribution is 2.31. The topological polar surface area (TPSA) is 75.2 Å². The van der Waals surface area contributed by atoms with Crippen molar-refractivity contribution in [2.45, 2.75) is 51.1 Å². The zero-order valence-electron chi connectivity index (χ0n) is 17.5. The molecule has 160 valence electrons. The fourth-order valence-corrected chi connectivity index (χ4v) is 4.49. The number of carbonyl (C=O) groups excluding carboxylic acids is 2. The van der Waals surface area contributed by atoms with Gasteiger partial charge in [0.2, 0.25) is 5.91 Å². The lowest BCUT2D eigenvalue weighted by Gasteiger charge is -2.32. The molecule has 1 N–H and O–H groups in total. The van der Waals surface area contributed by atoms with Gasteiger partial charge < -0.3 is 5.32 Å². The SMILES string of the molecule is CCc1ccc(C(C(=O)NC2CCCC2)N(C(=O)c2csnn2)c2ccccc2)cc1. The van der Waals surface area contributed by atoms with Gasteiger partial charge in [-0.3, -0.25) is 14.5 Å². The Hall–Kier alpha value is -3.06. The van der Waals surface area contributed by atoms with E-state index in [1.54, 1.807) is 10.3 Å². The molecule has 1 heterocycles. The van der Waals surface area contributed by atoms with Crippen LogP contribution in [-0.4, -0.2) is 27.4 Å². The third-order valence-electron chi connectivity index (χ3n) is 5.74. The van der Waals surface area contributed by atoms with Crippen LogP contribution in [0.25, 0.3) is 0 Å². The number of benzene rings is 2. The molecule has 0 spiro atoms. The number of para-hydroxylation sites is 1. The van der Waals surface area contributed by atoms with Crippen LogP contribution in [0.1, 0.15) is 60.3 Å². The summed E-state index contributed by atoms with van der Waals surface area (Å²) in [4.78, 5) is 28.7. The molecule has 31 heavy (non-hydrogen) atoms. The Morgan fingerprint density at radius 1 is 1.10 bits per heavy atom. The van der Waals surface area contributed by atoms with Crippen LogP contribution in [0.3, 0.4) is 0 Å². The van der Waals surface area contributed by atoms with E-state index in [1.807, 2.05) is 54.6 Å². The number of nitrogens with zero attached hydrogens (tertiary/aromatic N) is 3. The Bertz CT molecular complexity index is 1000. The first-order valence-electron chi connectivity index (χ1n) is 10.7. The summed E-state index contributed by atoms with van der Waals surface area (Å²) in [5, 5.41) is 8.78. The van der Waals surface area contributed by atoms with Gasteiger partial charge in [0.25, 0.3) is 5.91 Å². The average molecular weight is 435 g/mol. The number of nitrogens with one attached hydrogen (secondary N) is 1. The molecule has 1 unspecified atom stereocenters. The summed E-state index contributed by atoms with van der Waals surface area (Å²) in [6.07, 6.45) is 5.09. The van der Waals surface area contributed by atoms with Crippen molar-refractivity contribution in [3.05, 3.63) is 76.8 Å². The first kappa shape index (κ1) is 21.2. The van der Waals surface area contributed by atoms with E-state index in [4.69, 9.17) is 0 Å². The summed E-state index contributed by atoms with van der Waals surface area (Å²) in [7, 11) is 0. The van der Waals surface area contributed by atoms with Gasteiger partial charge in [-0.25, -0.2) is 0 Å². The number of aryl methyl sites for hydroxylation is 1. The minimum Gasteiger partial charge on any atom is -0.351 e. The van der Waals surface area contributed by atoms with Crippen LogP contribution in [0.5, 0.6) is 0 Å². The van der Waals surface area contributed by atoms with Gasteiger partial charge in [0.1, 0.15) is 6.04 Å². The number of anilines is 1. The highest BCUT2D eigenvalue weighted by molar-refractivity contribution is 7.03. The van der Waals surface area contributed by atoms with E-state index < -0.39 is 6.04 Å². The number of amides is 2. The maximum absolute atomic E-state index is 13.6. The molecule has 0 saturated heterocycles. The third kappa shape index (κ3) is 4.82. The van der Waals surface area contributed by atoms with Crippen molar-refractivity contribution in [2.24, 2.45) is 0 Å². The summed E-state index contributed by atoms with van der Waals surface area (Å²) < 4.78 is 3.85. The molecule has 1 atom stereocenters. The molecule has 1 aliphatic rings. The van der Waals surface area contributed by atoms with E-state index >= 15 is 0 Å². The van der Waals surface area contributed by atoms with Crippen molar-refractivity contribution >= 4 is 29.0 Å². The van der Waals surface area contributed by atoms with Crippen LogP contribution >= 0.6 is 11.5 Å². The Labute approximate surface area is 186 Å². The quantitative estimate of drug-likeness (QED) is 0.592. The largest absolute Gasteiger partial charge is 0.351 e. The Morgan fingerprint density at radius 2 is 1.81 bits per heavy atom. The number of aromatic nitrogens is 2. The number of carbonyl (C=O) groups is 2. The van der Waals surface area contributed by atoms with Crippen molar-refractivity contribution in [2.75, 3.05) is 4.90 Å². The Kier molecular flexibility index (Phi) is 6.72. The van der Waals surface area contributed by atoms with Crippen LogP contribution in [-0.2, 0) is 11.2 Å². The Balaban J connectivity index is 1.78. The first-order chi connectivity index (χ1) is 15.2. The van der Waals surface area contributed by atoms with Crippen molar-refractivity contribution in [1.82, 2.24) is 14.9 Å². The minimum atomic E-state index is -0.803. The van der Waals surface area contributed by atoms with Gasteiger partial charge in [-0.05, 0) is 54.1 Å². The highest BCUT2D eigenvalue weighted by atomic mass is 32.1. The maximum Gasteiger partial charge on any atom is 0.280 e. The van der Waals surface area contributed by atoms with Crippen molar-refractivity contribution in [3.63, 3.8) is 0 Å². The maximum atomic E-state index is 13.6. The fourth-order valence-electron chi connectivity index (χ4n) is 4.06. The molecule has 1 aliphatic carbocycles. The Morgan fingerprint density at radius 3 is 2.42 bits per heavy atom. The summed E-state index contributed by atoms with van der Waals surface area (Å²) in [6.45, 7) is 2.09. The van der Waals surface area contributed by atoms with E-state index in [-0.39, 0.29) is 23.6 Å². The summed E-state index contributed by atoms with van der Waals surface area (Å²) >= 11 is 1.12. The molecule has 0 bridgehead atoms. The zero-order valence-corrected chi connectivity index (χ0v) is 18.3. The standard InChI is InChI=1S/C24H26N4O2S/c1-2-17-12-14-18(15-13-17)22(23(29)25-19-8-6-7-9-19)28(20-10-4-3-5-11-20)24(30)21-16-31-27-26-21/h3-5,10-16,19,22H,2,6-9H2,1H3,(H,25,29). The van der Waals surface area contributed by atoms with Gasteiger partial charge >= 0.3 is 0 Å². The lowest BCUT2D eigenvalue weighted by Crippen LogP contribution is -2.46. The fraction of sp³-hybridized carbons (Fsp3) is 0.333. The van der Waals surface area contributed by atoms with Gasteiger partial charge in [0.05, 0.1) is 0 Å². The second-order valence-electron chi connectivity index (χ2n) is 7.79. The molecule has 1 aromatic heterocycles. The van der Waals surface area contributed by atoms with E-state index in [0.29, 0.717) is 5.69 Å². The van der Waals surface area contributed by atoms with Gasteiger partial charge in [0, 0.05) is 17.1 Å². The molecular formula is C24H26N4O2S. The van der Waals surface area contributed by atoms with E-state index in [9.17, 15) is 9.59 Å². The minimum absolute atomic E-state index is 0.151. The second kappa shape index (κ2) is 9.83. The predicted octanol–water partition coefficient (Wildman–Crippen LogP) is 4.55. The van der Waals surface area contributed by atoms with E-state index in [0.717, 1.165) is 49.2 Å². The van der Waals surface area contributed by atoms with Crippen LogP contribution in [0.15, 0.2) is 60.0 Å². The molecule has 1 fully saturated rings. The summed E-state index contributed by atoms with van der Waals surface area (Å²) in [5.41, 5.74) is 2.83. The summed E-state index contributed by atoms with van der Waals surface area (Å²) in [6, 6.07) is 16.6. The lowest BCUT2D eigenvalue weighted by atomic mass is 10.00. The smallest absolute Gasteiger partial charge is 0.280 e. The molecule has 2 aromatic carbocycles. The highest BCUT2D eigenvalue weighted by Gasteiger charge is 2.35. The van der Waals surface area contributed by atoms with Crippen LogP contribution < -0.4 is 10.2 Å². The molecular weight excluding hydrogens is 408 g/mol. The van der Waals surface area contributed by atoms with Crippen LogP contribution in [0.2, 0.25) is 0 Å². The first-order valence-corrected chi connectivity index (χ1v) is 11.6. The monoisotopic (exact) mass is 434 g/mol. The van der Waals surface area contributed by atoms with Gasteiger partial charge in [-0.1, -0.05) is 66.7 Å². The molecule has 0 aliphatic heterocycles. The molecule has 6 nitrogen and oxygen atoms in total. The molecule has 4 rings (SSSR count). The second-order valence-corrected chi connectivity index (χ2v) is 8.40. The number of hydrogen-bond acceptors (Lipinski definition) is 5. The number of hydrogen-bond donors (Lipinski definition) is 1. The van der Waals surface area contributed by atoms with Gasteiger partial charge in [-0.15, -0.1) is 5.10 Å². The summed E-state index contributed by atoms with van der Waals surface area (Å²) in [5.74, 6) is -0.511. The van der Waals surface area contributed by atoms with Gasteiger partial charge in [0.15, 0.2) is 5.69 Å². The average Bonchev–Trinajstić information content (AvgIpc) is 3.52. The predicted molar refractivity (Wildman–Crippen MR) is 122 cm³/mol. The van der Waals surface area contributed by atoms with E-state index in [2.05, 4.69) is 21.8 Å². The molecule has 3 aromatic rings. The van der Waals surface area contributed by atoms with Crippen LogP contribution in [0, 0.1) is 0 Å². The normalized spacial score (nSPS) is 14.9. The third-order valence-corrected chi connectivity index (χ3v) is 6.25. The van der Waals surface area contributed by atoms with Crippen molar-refractivity contribution in [3.8, 4) is 0 Å².